The number of amides is 4. The van der Waals surface area contributed by atoms with Crippen molar-refractivity contribution in [3.05, 3.63) is 59.2 Å². The molecule has 1 aliphatic carbocycles. The zero-order chi connectivity index (χ0) is 38.9. The third-order valence-electron chi connectivity index (χ3n) is 9.63. The van der Waals surface area contributed by atoms with Crippen LogP contribution in [0.15, 0.2) is 42.5 Å². The molecule has 2 fully saturated rings. The van der Waals surface area contributed by atoms with Gasteiger partial charge in [0.25, 0.3) is 5.91 Å². The smallest absolute Gasteiger partial charge is 0.410 e. The molecule has 4 rings (SSSR count). The Morgan fingerprint density at radius 3 is 2.02 bits per heavy atom. The number of nitrogens with one attached hydrogen (secondary N) is 3. The second kappa shape index (κ2) is 17.9. The fraction of sp³-hybridized carbons (Fsp3) is 0.585. The van der Waals surface area contributed by atoms with Crippen LogP contribution in [0.5, 0.6) is 0 Å². The lowest BCUT2D eigenvalue weighted by Gasteiger charge is -2.33. The second-order valence-electron chi connectivity index (χ2n) is 16.3. The first-order valence-corrected chi connectivity index (χ1v) is 18.7. The summed E-state index contributed by atoms with van der Waals surface area (Å²) in [5, 5.41) is 8.88. The number of nitrogens with zero attached hydrogens (tertiary/aromatic N) is 1. The summed E-state index contributed by atoms with van der Waals surface area (Å²) in [6, 6.07) is 12.6. The van der Waals surface area contributed by atoms with Gasteiger partial charge in [-0.25, -0.2) is 14.4 Å². The largest absolute Gasteiger partial charge is 0.467 e. The van der Waals surface area contributed by atoms with Gasteiger partial charge in [-0.05, 0) is 127 Å². The number of rotatable bonds is 10. The van der Waals surface area contributed by atoms with Crippen LogP contribution in [0.25, 0.3) is 11.1 Å². The van der Waals surface area contributed by atoms with E-state index in [-0.39, 0.29) is 42.2 Å². The molecule has 12 nitrogen and oxygen atoms in total. The van der Waals surface area contributed by atoms with Crippen molar-refractivity contribution in [3.63, 3.8) is 0 Å². The number of piperidine rings is 1. The molecule has 1 saturated carbocycles. The molecular formula is C41H58N4O8. The van der Waals surface area contributed by atoms with E-state index in [1.807, 2.05) is 90.9 Å². The average molecular weight is 735 g/mol. The Bertz CT molecular complexity index is 1590. The topological polar surface area (TPSA) is 152 Å². The normalized spacial score (nSPS) is 18.7. The van der Waals surface area contributed by atoms with Crippen molar-refractivity contribution in [2.24, 2.45) is 11.8 Å². The van der Waals surface area contributed by atoms with Crippen molar-refractivity contribution in [2.75, 3.05) is 26.7 Å². The summed E-state index contributed by atoms with van der Waals surface area (Å²) in [7, 11) is 1.31. The third kappa shape index (κ3) is 12.8. The number of hydrogen-bond acceptors (Lipinski definition) is 8. The van der Waals surface area contributed by atoms with Crippen molar-refractivity contribution < 1.29 is 38.2 Å². The molecule has 0 bridgehead atoms. The lowest BCUT2D eigenvalue weighted by molar-refractivity contribution is -0.145. The molecule has 3 N–H and O–H groups in total. The quantitative estimate of drug-likeness (QED) is 0.189. The molecule has 1 aliphatic heterocycles. The van der Waals surface area contributed by atoms with Gasteiger partial charge in [0.2, 0.25) is 5.91 Å². The van der Waals surface area contributed by atoms with Gasteiger partial charge in [-0.15, -0.1) is 0 Å². The van der Waals surface area contributed by atoms with Crippen LogP contribution in [0.2, 0.25) is 0 Å². The first kappa shape index (κ1) is 41.2. The lowest BCUT2D eigenvalue weighted by atomic mass is 9.81. The molecule has 0 radical (unpaired) electrons. The number of esters is 1. The second-order valence-corrected chi connectivity index (χ2v) is 16.3. The highest BCUT2D eigenvalue weighted by molar-refractivity contribution is 5.95. The maximum atomic E-state index is 13.2. The molecule has 12 heteroatoms. The number of methoxy groups -OCH3 is 1. The van der Waals surface area contributed by atoms with Gasteiger partial charge in [-0.3, -0.25) is 9.59 Å². The van der Waals surface area contributed by atoms with Crippen molar-refractivity contribution in [2.45, 2.75) is 117 Å². The number of likely N-dealkylation sites (tertiary alicyclic amines) is 1. The SMILES string of the molecule is COC(=O)[C@H](Cc1ccc(-c2ccc(C(=O)NC3CCN(C(=O)OC(C)(C)C)CC3)cc2C)cc1)NC(=O)C1CCC(CNC(=O)OC(C)(C)C)CC1. The fourth-order valence-corrected chi connectivity index (χ4v) is 6.78. The van der Waals surface area contributed by atoms with Gasteiger partial charge in [0.1, 0.15) is 17.2 Å². The minimum Gasteiger partial charge on any atom is -0.467 e. The van der Waals surface area contributed by atoms with E-state index in [2.05, 4.69) is 16.0 Å². The Morgan fingerprint density at radius 1 is 0.830 bits per heavy atom. The summed E-state index contributed by atoms with van der Waals surface area (Å²) in [5.41, 5.74) is 3.22. The van der Waals surface area contributed by atoms with Crippen LogP contribution in [0.1, 0.15) is 102 Å². The molecule has 4 amide bonds. The van der Waals surface area contributed by atoms with Crippen LogP contribution in [0.4, 0.5) is 9.59 Å². The summed E-state index contributed by atoms with van der Waals surface area (Å²) in [5.74, 6) is -0.768. The highest BCUT2D eigenvalue weighted by atomic mass is 16.6. The first-order chi connectivity index (χ1) is 24.9. The van der Waals surface area contributed by atoms with Crippen LogP contribution in [-0.2, 0) is 30.2 Å². The minimum absolute atomic E-state index is 0.0258. The summed E-state index contributed by atoms with van der Waals surface area (Å²) in [6.45, 7) is 14.5. The van der Waals surface area contributed by atoms with Gasteiger partial charge >= 0.3 is 18.2 Å². The van der Waals surface area contributed by atoms with Crippen molar-refractivity contribution in [1.29, 1.82) is 0 Å². The predicted molar refractivity (Wildman–Crippen MR) is 202 cm³/mol. The van der Waals surface area contributed by atoms with Crippen LogP contribution in [-0.4, -0.2) is 84.9 Å². The van der Waals surface area contributed by atoms with Gasteiger partial charge < -0.3 is 35.1 Å². The summed E-state index contributed by atoms with van der Waals surface area (Å²) >= 11 is 0. The lowest BCUT2D eigenvalue weighted by Crippen LogP contribution is -2.47. The fourth-order valence-electron chi connectivity index (χ4n) is 6.78. The Labute approximate surface area is 314 Å². The minimum atomic E-state index is -0.825. The van der Waals surface area contributed by atoms with Crippen LogP contribution < -0.4 is 16.0 Å². The zero-order valence-electron chi connectivity index (χ0n) is 32.6. The molecule has 1 saturated heterocycles. The number of alkyl carbamates (subject to hydrolysis) is 1. The van der Waals surface area contributed by atoms with E-state index in [9.17, 15) is 24.0 Å². The summed E-state index contributed by atoms with van der Waals surface area (Å²) in [6.07, 6.45) is 3.76. The van der Waals surface area contributed by atoms with E-state index < -0.39 is 29.3 Å². The molecule has 0 spiro atoms. The highest BCUT2D eigenvalue weighted by Crippen LogP contribution is 2.29. The Morgan fingerprint density at radius 2 is 1.45 bits per heavy atom. The van der Waals surface area contributed by atoms with Crippen LogP contribution >= 0.6 is 0 Å². The highest BCUT2D eigenvalue weighted by Gasteiger charge is 2.31. The molecule has 53 heavy (non-hydrogen) atoms. The maximum Gasteiger partial charge on any atom is 0.410 e. The Kier molecular flexibility index (Phi) is 13.9. The van der Waals surface area contributed by atoms with Gasteiger partial charge in [0, 0.05) is 43.6 Å². The van der Waals surface area contributed by atoms with Crippen molar-refractivity contribution in [3.8, 4) is 11.1 Å². The molecule has 290 valence electrons. The molecule has 0 unspecified atom stereocenters. The molecule has 2 aliphatic rings. The average Bonchev–Trinajstić information content (AvgIpc) is 3.09. The predicted octanol–water partition coefficient (Wildman–Crippen LogP) is 6.32. The van der Waals surface area contributed by atoms with E-state index in [0.29, 0.717) is 50.9 Å². The monoisotopic (exact) mass is 734 g/mol. The third-order valence-corrected chi connectivity index (χ3v) is 9.63. The number of ether oxygens (including phenoxy) is 3. The van der Waals surface area contributed by atoms with E-state index >= 15 is 0 Å². The van der Waals surface area contributed by atoms with E-state index in [0.717, 1.165) is 35.1 Å². The standard InChI is InChI=1S/C41H58N4O8/c1-26-23-31(36(47)43-32-19-21-45(22-20-32)39(50)53-41(5,6)7)17-18-33(26)29-13-9-27(10-14-29)24-34(37(48)51-8)44-35(46)30-15-11-28(12-16-30)25-42-38(49)52-40(2,3)4/h9-10,13-14,17-18,23,28,30,32,34H,11-12,15-16,19-22,24-25H2,1-8H3,(H,42,49)(H,43,47)(H,44,46)/t28?,30?,34-/m0/s1. The first-order valence-electron chi connectivity index (χ1n) is 18.7. The van der Waals surface area contributed by atoms with Gasteiger partial charge in [-0.2, -0.15) is 0 Å². The van der Waals surface area contributed by atoms with E-state index in [1.165, 1.54) is 7.11 Å². The molecular weight excluding hydrogens is 676 g/mol. The van der Waals surface area contributed by atoms with E-state index in [1.54, 1.807) is 4.90 Å². The number of hydrogen-bond donors (Lipinski definition) is 3. The Hall–Kier alpha value is -4.61. The van der Waals surface area contributed by atoms with Gasteiger partial charge in [-0.1, -0.05) is 30.3 Å². The number of carbonyl (C=O) groups excluding carboxylic acids is 5. The van der Waals surface area contributed by atoms with Crippen molar-refractivity contribution >= 4 is 30.0 Å². The number of carbonyl (C=O) groups is 5. The van der Waals surface area contributed by atoms with Crippen LogP contribution in [0, 0.1) is 18.8 Å². The molecule has 2 aromatic carbocycles. The number of benzene rings is 2. The number of aryl methyl sites for hydroxylation is 1. The molecule has 1 heterocycles. The molecule has 1 atom stereocenters. The summed E-state index contributed by atoms with van der Waals surface area (Å²) in [4.78, 5) is 65.2. The van der Waals surface area contributed by atoms with Crippen molar-refractivity contribution in [1.82, 2.24) is 20.9 Å². The summed E-state index contributed by atoms with van der Waals surface area (Å²) < 4.78 is 15.8. The van der Waals surface area contributed by atoms with E-state index in [4.69, 9.17) is 14.2 Å². The van der Waals surface area contributed by atoms with Crippen LogP contribution in [0.3, 0.4) is 0 Å². The van der Waals surface area contributed by atoms with Gasteiger partial charge in [0.05, 0.1) is 7.11 Å². The maximum absolute atomic E-state index is 13.2. The Balaban J connectivity index is 1.27. The zero-order valence-corrected chi connectivity index (χ0v) is 32.6. The molecule has 0 aromatic heterocycles. The molecule has 2 aromatic rings. The van der Waals surface area contributed by atoms with Gasteiger partial charge in [0.15, 0.2) is 0 Å².